The van der Waals surface area contributed by atoms with Crippen molar-refractivity contribution in [2.24, 2.45) is 0 Å². The first kappa shape index (κ1) is 20.4. The largest absolute Gasteiger partial charge is 0.496 e. The summed E-state index contributed by atoms with van der Waals surface area (Å²) in [6.07, 6.45) is -0.904. The highest BCUT2D eigenvalue weighted by molar-refractivity contribution is 9.10. The van der Waals surface area contributed by atoms with E-state index in [4.69, 9.17) is 32.7 Å². The fraction of sp³-hybridized carbons (Fsp3) is 0.176. The van der Waals surface area contributed by atoms with Crippen LogP contribution in [0.2, 0.25) is 10.0 Å². The zero-order valence-corrected chi connectivity index (χ0v) is 16.9. The number of halogens is 3. The van der Waals surface area contributed by atoms with E-state index in [0.717, 1.165) is 0 Å². The number of hydrogen-bond donors (Lipinski definition) is 2. The predicted octanol–water partition coefficient (Wildman–Crippen LogP) is 3.99. The molecule has 2 aromatic carbocycles. The lowest BCUT2D eigenvalue weighted by Gasteiger charge is -2.16. The summed E-state index contributed by atoms with van der Waals surface area (Å²) in [7, 11) is 1.45. The smallest absolute Gasteiger partial charge is 0.279 e. The Labute approximate surface area is 168 Å². The van der Waals surface area contributed by atoms with Crippen LogP contribution >= 0.6 is 39.1 Å². The lowest BCUT2D eigenvalue weighted by molar-refractivity contribution is -0.128. The molecular weight excluding hydrogens is 447 g/mol. The van der Waals surface area contributed by atoms with Gasteiger partial charge in [0.15, 0.2) is 6.10 Å². The molecule has 138 valence electrons. The highest BCUT2D eigenvalue weighted by Gasteiger charge is 2.19. The van der Waals surface area contributed by atoms with Crippen LogP contribution in [0.1, 0.15) is 17.3 Å². The number of amides is 2. The molecule has 0 aliphatic rings. The Kier molecular flexibility index (Phi) is 7.14. The molecule has 0 saturated carbocycles. The molecule has 2 aromatic rings. The minimum atomic E-state index is -0.904. The summed E-state index contributed by atoms with van der Waals surface area (Å²) in [5, 5.41) is 0.731. The molecule has 0 aliphatic heterocycles. The fourth-order valence-electron chi connectivity index (χ4n) is 1.96. The molecule has 1 unspecified atom stereocenters. The van der Waals surface area contributed by atoms with Gasteiger partial charge < -0.3 is 9.47 Å². The molecule has 2 N–H and O–H groups in total. The van der Waals surface area contributed by atoms with Gasteiger partial charge >= 0.3 is 0 Å². The van der Waals surface area contributed by atoms with E-state index in [1.165, 1.54) is 20.1 Å². The van der Waals surface area contributed by atoms with Gasteiger partial charge in [0.1, 0.15) is 11.5 Å². The molecule has 0 bridgehead atoms. The number of carbonyl (C=O) groups is 2. The van der Waals surface area contributed by atoms with E-state index in [1.807, 2.05) is 0 Å². The normalized spacial score (nSPS) is 11.4. The Bertz CT molecular complexity index is 832. The first-order valence-electron chi connectivity index (χ1n) is 7.37. The van der Waals surface area contributed by atoms with Crippen molar-refractivity contribution in [1.29, 1.82) is 0 Å². The van der Waals surface area contributed by atoms with Gasteiger partial charge in [-0.1, -0.05) is 39.1 Å². The second-order valence-corrected chi connectivity index (χ2v) is 6.88. The highest BCUT2D eigenvalue weighted by Crippen LogP contribution is 2.28. The summed E-state index contributed by atoms with van der Waals surface area (Å²) < 4.78 is 11.3. The van der Waals surface area contributed by atoms with Crippen molar-refractivity contribution in [3.8, 4) is 11.5 Å². The standard InChI is InChI=1S/C17H15BrCl2N2O4/c1-9(26-15-6-4-11(19)8-13(15)20)16(23)21-22-17(24)12-7-10(18)3-5-14(12)25-2/h3-9H,1-2H3,(H,21,23)(H,22,24). The van der Waals surface area contributed by atoms with Gasteiger partial charge in [0.25, 0.3) is 11.8 Å². The van der Waals surface area contributed by atoms with Crippen LogP contribution < -0.4 is 20.3 Å². The maximum atomic E-state index is 12.3. The number of carbonyl (C=O) groups excluding carboxylic acids is 2. The van der Waals surface area contributed by atoms with Gasteiger partial charge in [-0.05, 0) is 43.3 Å². The van der Waals surface area contributed by atoms with Crippen LogP contribution in [-0.4, -0.2) is 25.0 Å². The third kappa shape index (κ3) is 5.27. The summed E-state index contributed by atoms with van der Waals surface area (Å²) >= 11 is 15.1. The molecule has 0 aromatic heterocycles. The number of benzene rings is 2. The molecule has 2 rings (SSSR count). The third-order valence-corrected chi connectivity index (χ3v) is 4.30. The van der Waals surface area contributed by atoms with Crippen molar-refractivity contribution in [1.82, 2.24) is 10.9 Å². The van der Waals surface area contributed by atoms with Gasteiger partial charge in [0, 0.05) is 9.50 Å². The SMILES string of the molecule is COc1ccc(Br)cc1C(=O)NNC(=O)C(C)Oc1ccc(Cl)cc1Cl. The van der Waals surface area contributed by atoms with Crippen molar-refractivity contribution in [3.63, 3.8) is 0 Å². The highest BCUT2D eigenvalue weighted by atomic mass is 79.9. The Morgan fingerprint density at radius 1 is 1.08 bits per heavy atom. The molecule has 0 spiro atoms. The van der Waals surface area contributed by atoms with Gasteiger partial charge in [-0.2, -0.15) is 0 Å². The molecule has 0 radical (unpaired) electrons. The van der Waals surface area contributed by atoms with Crippen LogP contribution in [-0.2, 0) is 4.79 Å². The molecule has 0 fully saturated rings. The Morgan fingerprint density at radius 2 is 1.77 bits per heavy atom. The molecule has 1 atom stereocenters. The first-order chi connectivity index (χ1) is 12.3. The van der Waals surface area contributed by atoms with Gasteiger partial charge in [0.05, 0.1) is 17.7 Å². The van der Waals surface area contributed by atoms with Gasteiger partial charge in [-0.3, -0.25) is 20.4 Å². The third-order valence-electron chi connectivity index (χ3n) is 3.27. The van der Waals surface area contributed by atoms with Crippen LogP contribution in [0.5, 0.6) is 11.5 Å². The topological polar surface area (TPSA) is 76.7 Å². The molecule has 0 saturated heterocycles. The van der Waals surface area contributed by atoms with Crippen LogP contribution in [0.3, 0.4) is 0 Å². The van der Waals surface area contributed by atoms with E-state index in [9.17, 15) is 9.59 Å². The number of rotatable bonds is 5. The van der Waals surface area contributed by atoms with Crippen LogP contribution in [0.15, 0.2) is 40.9 Å². The van der Waals surface area contributed by atoms with Crippen molar-refractivity contribution in [2.75, 3.05) is 7.11 Å². The number of methoxy groups -OCH3 is 1. The summed E-state index contributed by atoms with van der Waals surface area (Å²) in [6, 6.07) is 9.60. The summed E-state index contributed by atoms with van der Waals surface area (Å²) in [5.41, 5.74) is 4.88. The molecule has 2 amide bonds. The zero-order valence-electron chi connectivity index (χ0n) is 13.8. The summed E-state index contributed by atoms with van der Waals surface area (Å²) in [5.74, 6) is -0.414. The minimum Gasteiger partial charge on any atom is -0.496 e. The molecule has 26 heavy (non-hydrogen) atoms. The quantitative estimate of drug-likeness (QED) is 0.660. The molecule has 0 heterocycles. The average Bonchev–Trinajstić information content (AvgIpc) is 2.61. The van der Waals surface area contributed by atoms with Gasteiger partial charge in [0.2, 0.25) is 0 Å². The van der Waals surface area contributed by atoms with Crippen LogP contribution in [0.4, 0.5) is 0 Å². The zero-order chi connectivity index (χ0) is 19.3. The lowest BCUT2D eigenvalue weighted by atomic mass is 10.2. The number of ether oxygens (including phenoxy) is 2. The van der Waals surface area contributed by atoms with E-state index < -0.39 is 17.9 Å². The molecular formula is C17H15BrCl2N2O4. The van der Waals surface area contributed by atoms with Crippen LogP contribution in [0, 0.1) is 0 Å². The van der Waals surface area contributed by atoms with Crippen molar-refractivity contribution >= 4 is 50.9 Å². The second kappa shape index (κ2) is 9.12. The van der Waals surface area contributed by atoms with Crippen molar-refractivity contribution in [2.45, 2.75) is 13.0 Å². The number of hydrogen-bond acceptors (Lipinski definition) is 4. The van der Waals surface area contributed by atoms with E-state index in [2.05, 4.69) is 26.8 Å². The van der Waals surface area contributed by atoms with E-state index >= 15 is 0 Å². The van der Waals surface area contributed by atoms with Crippen LogP contribution in [0.25, 0.3) is 0 Å². The maximum absolute atomic E-state index is 12.3. The minimum absolute atomic E-state index is 0.261. The fourth-order valence-corrected chi connectivity index (χ4v) is 2.77. The lowest BCUT2D eigenvalue weighted by Crippen LogP contribution is -2.47. The number of nitrogens with one attached hydrogen (secondary N) is 2. The van der Waals surface area contributed by atoms with Crippen molar-refractivity contribution in [3.05, 3.63) is 56.5 Å². The monoisotopic (exact) mass is 460 g/mol. The average molecular weight is 462 g/mol. The first-order valence-corrected chi connectivity index (χ1v) is 8.92. The predicted molar refractivity (Wildman–Crippen MR) is 103 cm³/mol. The summed E-state index contributed by atoms with van der Waals surface area (Å²) in [4.78, 5) is 24.4. The Hall–Kier alpha value is -1.96. The van der Waals surface area contributed by atoms with Crippen molar-refractivity contribution < 1.29 is 19.1 Å². The molecule has 9 heteroatoms. The summed E-state index contributed by atoms with van der Waals surface area (Å²) in [6.45, 7) is 1.52. The molecule has 6 nitrogen and oxygen atoms in total. The second-order valence-electron chi connectivity index (χ2n) is 5.12. The molecule has 0 aliphatic carbocycles. The van der Waals surface area contributed by atoms with Gasteiger partial charge in [-0.25, -0.2) is 0 Å². The Morgan fingerprint density at radius 3 is 2.42 bits per heavy atom. The van der Waals surface area contributed by atoms with Gasteiger partial charge in [-0.15, -0.1) is 0 Å². The van der Waals surface area contributed by atoms with E-state index in [0.29, 0.717) is 21.0 Å². The maximum Gasteiger partial charge on any atom is 0.279 e. The van der Waals surface area contributed by atoms with E-state index in [1.54, 1.807) is 30.3 Å². The number of hydrazine groups is 1. The Balaban J connectivity index is 1.97. The van der Waals surface area contributed by atoms with E-state index in [-0.39, 0.29) is 10.6 Å².